The van der Waals surface area contributed by atoms with Gasteiger partial charge in [-0.25, -0.2) is 4.79 Å². The Morgan fingerprint density at radius 3 is 2.29 bits per heavy atom. The van der Waals surface area contributed by atoms with Gasteiger partial charge in [0.15, 0.2) is 0 Å². The molecule has 0 saturated carbocycles. The van der Waals surface area contributed by atoms with Gasteiger partial charge < -0.3 is 4.90 Å². The Bertz CT molecular complexity index is 1030. The van der Waals surface area contributed by atoms with Gasteiger partial charge in [-0.2, -0.15) is 0 Å². The SMILES string of the molecule is CC1(C)CN(c2ccc(CS(F)(F)F)cc2)C(=O)N1CC1=CC=C(c2ccccc2)C1. The number of allylic oxidation sites excluding steroid dienone is 3. The fourth-order valence-corrected chi connectivity index (χ4v) is 4.70. The summed E-state index contributed by atoms with van der Waals surface area (Å²) in [7, 11) is 0. The second-order valence-electron chi connectivity index (χ2n) is 8.64. The molecule has 2 aromatic carbocycles. The molecule has 1 fully saturated rings. The van der Waals surface area contributed by atoms with Crippen molar-refractivity contribution in [3.63, 3.8) is 0 Å². The van der Waals surface area contributed by atoms with Crippen LogP contribution in [0.2, 0.25) is 0 Å². The molecule has 1 saturated heterocycles. The highest BCUT2D eigenvalue weighted by Crippen LogP contribution is 2.55. The molecule has 0 radical (unpaired) electrons. The van der Waals surface area contributed by atoms with E-state index in [2.05, 4.69) is 24.3 Å². The van der Waals surface area contributed by atoms with Crippen LogP contribution in [-0.2, 0) is 5.75 Å². The first-order chi connectivity index (χ1) is 14.6. The van der Waals surface area contributed by atoms with Crippen molar-refractivity contribution in [2.24, 2.45) is 0 Å². The van der Waals surface area contributed by atoms with Gasteiger partial charge in [0.25, 0.3) is 0 Å². The Morgan fingerprint density at radius 1 is 0.968 bits per heavy atom. The van der Waals surface area contributed by atoms with E-state index in [0.29, 0.717) is 18.8 Å². The maximum atomic E-state index is 13.2. The molecule has 1 heterocycles. The van der Waals surface area contributed by atoms with Crippen LogP contribution in [-0.4, -0.2) is 29.6 Å². The fourth-order valence-electron chi connectivity index (χ4n) is 4.13. The second kappa shape index (κ2) is 8.11. The minimum atomic E-state index is -5.09. The van der Waals surface area contributed by atoms with E-state index in [1.54, 1.807) is 17.0 Å². The molecule has 2 amide bonds. The topological polar surface area (TPSA) is 23.6 Å². The Balaban J connectivity index is 1.44. The third-order valence-corrected chi connectivity index (χ3v) is 6.42. The Labute approximate surface area is 183 Å². The molecule has 7 heteroatoms. The number of rotatable bonds is 6. The molecule has 1 aliphatic heterocycles. The quantitative estimate of drug-likeness (QED) is 0.465. The molecule has 1 aliphatic carbocycles. The lowest BCUT2D eigenvalue weighted by Gasteiger charge is -2.30. The van der Waals surface area contributed by atoms with E-state index in [1.165, 1.54) is 28.8 Å². The summed E-state index contributed by atoms with van der Waals surface area (Å²) in [4.78, 5) is 16.7. The minimum absolute atomic E-state index is 0.117. The summed E-state index contributed by atoms with van der Waals surface area (Å²) >= 11 is -5.09. The van der Waals surface area contributed by atoms with Crippen LogP contribution in [0.4, 0.5) is 22.1 Å². The molecular weight excluding hydrogens is 421 g/mol. The van der Waals surface area contributed by atoms with E-state index in [0.717, 1.165) is 6.42 Å². The summed E-state index contributed by atoms with van der Waals surface area (Å²) in [6.45, 7) is 5.06. The lowest BCUT2D eigenvalue weighted by Crippen LogP contribution is -2.43. The van der Waals surface area contributed by atoms with Crippen LogP contribution >= 0.6 is 11.2 Å². The molecule has 0 aromatic heterocycles. The number of carbonyl (C=O) groups excluding carboxylic acids is 1. The molecule has 3 nitrogen and oxygen atoms in total. The van der Waals surface area contributed by atoms with Crippen molar-refractivity contribution in [3.8, 4) is 0 Å². The summed E-state index contributed by atoms with van der Waals surface area (Å²) < 4.78 is 38.1. The van der Waals surface area contributed by atoms with Crippen molar-refractivity contribution in [1.82, 2.24) is 4.90 Å². The molecule has 0 atom stereocenters. The number of hydrogen-bond donors (Lipinski definition) is 0. The van der Waals surface area contributed by atoms with Gasteiger partial charge in [-0.15, -0.1) is 11.7 Å². The molecule has 0 bridgehead atoms. The van der Waals surface area contributed by atoms with Crippen molar-refractivity contribution in [2.45, 2.75) is 31.6 Å². The summed E-state index contributed by atoms with van der Waals surface area (Å²) in [6.07, 6.45) is 5.00. The zero-order valence-electron chi connectivity index (χ0n) is 17.5. The predicted octanol–water partition coefficient (Wildman–Crippen LogP) is 7.08. The zero-order valence-corrected chi connectivity index (χ0v) is 18.3. The minimum Gasteiger partial charge on any atom is -0.313 e. The van der Waals surface area contributed by atoms with Gasteiger partial charge in [0.05, 0.1) is 17.8 Å². The first kappa shape index (κ1) is 21.6. The number of nitrogens with zero attached hydrogens (tertiary/aromatic N) is 2. The summed E-state index contributed by atoms with van der Waals surface area (Å²) in [6, 6.07) is 16.2. The first-order valence-corrected chi connectivity index (χ1v) is 11.6. The van der Waals surface area contributed by atoms with Crippen molar-refractivity contribution in [1.29, 1.82) is 0 Å². The van der Waals surface area contributed by atoms with Gasteiger partial charge >= 0.3 is 6.03 Å². The van der Waals surface area contributed by atoms with Crippen molar-refractivity contribution < 1.29 is 16.5 Å². The van der Waals surface area contributed by atoms with E-state index in [1.807, 2.05) is 36.9 Å². The van der Waals surface area contributed by atoms with Gasteiger partial charge in [-0.1, -0.05) is 54.6 Å². The van der Waals surface area contributed by atoms with Gasteiger partial charge in [-0.05, 0) is 54.7 Å². The van der Waals surface area contributed by atoms with Crippen molar-refractivity contribution in [2.75, 3.05) is 18.0 Å². The van der Waals surface area contributed by atoms with Crippen LogP contribution in [0.15, 0.2) is 72.3 Å². The van der Waals surface area contributed by atoms with Crippen LogP contribution in [0.25, 0.3) is 5.57 Å². The second-order valence-corrected chi connectivity index (χ2v) is 9.93. The van der Waals surface area contributed by atoms with Gasteiger partial charge in [0.1, 0.15) is 0 Å². The number of anilines is 1. The summed E-state index contributed by atoms with van der Waals surface area (Å²) in [5.41, 5.74) is 4.06. The van der Waals surface area contributed by atoms with E-state index < -0.39 is 16.9 Å². The zero-order chi connectivity index (χ0) is 22.2. The Hall–Kier alpha value is -2.67. The fraction of sp³-hybridized carbons (Fsp3) is 0.292. The van der Waals surface area contributed by atoms with Gasteiger partial charge in [-0.3, -0.25) is 4.90 Å². The summed E-state index contributed by atoms with van der Waals surface area (Å²) in [5.74, 6) is -0.885. The number of hydrogen-bond acceptors (Lipinski definition) is 1. The van der Waals surface area contributed by atoms with Crippen LogP contribution in [0, 0.1) is 0 Å². The number of halogens is 3. The van der Waals surface area contributed by atoms with Crippen LogP contribution < -0.4 is 4.90 Å². The normalized spacial score (nSPS) is 18.9. The molecule has 164 valence electrons. The summed E-state index contributed by atoms with van der Waals surface area (Å²) in [5, 5.41) is 0. The van der Waals surface area contributed by atoms with E-state index in [4.69, 9.17) is 0 Å². The number of carbonyl (C=O) groups is 1. The van der Waals surface area contributed by atoms with E-state index >= 15 is 0 Å². The van der Waals surface area contributed by atoms with Crippen molar-refractivity contribution >= 4 is 28.5 Å². The molecule has 2 aromatic rings. The standard InChI is InChI=1S/C24H25F3N2OS/c1-24(2)17-28(22-12-9-18(10-13-22)16-31(25,26)27)23(30)29(24)15-19-8-11-21(14-19)20-6-4-3-5-7-20/h3-13H,14-17H2,1-2H3. The number of urea groups is 1. The van der Waals surface area contributed by atoms with Crippen LogP contribution in [0.3, 0.4) is 0 Å². The molecule has 0 unspecified atom stereocenters. The van der Waals surface area contributed by atoms with Crippen LogP contribution in [0.5, 0.6) is 0 Å². The predicted molar refractivity (Wildman–Crippen MR) is 122 cm³/mol. The molecule has 0 N–H and O–H groups in total. The molecule has 2 aliphatic rings. The highest BCUT2D eigenvalue weighted by atomic mass is 32.3. The largest absolute Gasteiger partial charge is 0.325 e. The number of benzene rings is 2. The molecular formula is C24H25F3N2OS. The first-order valence-electron chi connectivity index (χ1n) is 10.1. The van der Waals surface area contributed by atoms with Gasteiger partial charge in [0, 0.05) is 12.2 Å². The smallest absolute Gasteiger partial charge is 0.313 e. The number of amides is 2. The van der Waals surface area contributed by atoms with Crippen LogP contribution in [0.1, 0.15) is 31.4 Å². The molecule has 31 heavy (non-hydrogen) atoms. The maximum absolute atomic E-state index is 13.2. The Morgan fingerprint density at radius 2 is 1.65 bits per heavy atom. The molecule has 0 spiro atoms. The molecule has 4 rings (SSSR count). The van der Waals surface area contributed by atoms with Crippen molar-refractivity contribution in [3.05, 3.63) is 83.4 Å². The highest BCUT2D eigenvalue weighted by molar-refractivity contribution is 8.20. The lowest BCUT2D eigenvalue weighted by atomic mass is 10.0. The van der Waals surface area contributed by atoms with Gasteiger partial charge in [0.2, 0.25) is 11.2 Å². The Kier molecular flexibility index (Phi) is 5.64. The average Bonchev–Trinajstić information content (AvgIpc) is 3.27. The average molecular weight is 447 g/mol. The van der Waals surface area contributed by atoms with E-state index in [9.17, 15) is 16.5 Å². The highest BCUT2D eigenvalue weighted by Gasteiger charge is 2.44. The third kappa shape index (κ3) is 4.82. The third-order valence-electron chi connectivity index (χ3n) is 5.76. The maximum Gasteiger partial charge on any atom is 0.325 e. The van der Waals surface area contributed by atoms with E-state index in [-0.39, 0.29) is 17.1 Å². The lowest BCUT2D eigenvalue weighted by molar-refractivity contribution is 0.185. The monoisotopic (exact) mass is 446 g/mol.